The van der Waals surface area contributed by atoms with Gasteiger partial charge in [0, 0.05) is 5.56 Å². The van der Waals surface area contributed by atoms with Gasteiger partial charge >= 0.3 is 0 Å². The lowest BCUT2D eigenvalue weighted by Crippen LogP contribution is -2.54. The number of hydrogen-bond donors (Lipinski definition) is 1. The summed E-state index contributed by atoms with van der Waals surface area (Å²) in [7, 11) is 0. The third-order valence-electron chi connectivity index (χ3n) is 5.62. The lowest BCUT2D eigenvalue weighted by Gasteiger charge is -2.29. The first-order valence-corrected chi connectivity index (χ1v) is 11.9. The maximum atomic E-state index is 13.5. The molecule has 0 spiro atoms. The Labute approximate surface area is 224 Å². The Morgan fingerprint density at radius 3 is 2.13 bits per heavy atom. The summed E-state index contributed by atoms with van der Waals surface area (Å²) in [5.74, 6) is 0.806. The Morgan fingerprint density at radius 1 is 0.763 bits per heavy atom. The van der Waals surface area contributed by atoms with Crippen molar-refractivity contribution in [3.8, 4) is 29.1 Å². The summed E-state index contributed by atoms with van der Waals surface area (Å²) in [4.78, 5) is 27.6. The van der Waals surface area contributed by atoms with Crippen molar-refractivity contribution in [1.29, 1.82) is 5.26 Å². The SMILES string of the molecule is N#Cc1ccccc1Oc1ccccc1C=C1C(=O)NC(=S)N(c2ccc(Oc3ccccc3)cc2)C1=O. The van der Waals surface area contributed by atoms with E-state index < -0.39 is 11.8 Å². The van der Waals surface area contributed by atoms with Crippen LogP contribution < -0.4 is 19.7 Å². The van der Waals surface area contributed by atoms with Gasteiger partial charge in [0.15, 0.2) is 5.11 Å². The maximum Gasteiger partial charge on any atom is 0.270 e. The molecule has 1 saturated heterocycles. The molecule has 0 saturated carbocycles. The summed E-state index contributed by atoms with van der Waals surface area (Å²) in [5.41, 5.74) is 1.20. The van der Waals surface area contributed by atoms with E-state index >= 15 is 0 Å². The smallest absolute Gasteiger partial charge is 0.270 e. The Morgan fingerprint density at radius 2 is 1.39 bits per heavy atom. The molecule has 7 nitrogen and oxygen atoms in total. The van der Waals surface area contributed by atoms with Crippen molar-refractivity contribution in [2.75, 3.05) is 4.90 Å². The zero-order chi connectivity index (χ0) is 26.5. The fourth-order valence-corrected chi connectivity index (χ4v) is 4.08. The minimum absolute atomic E-state index is 0.0265. The van der Waals surface area contributed by atoms with Gasteiger partial charge in [-0.05, 0) is 72.9 Å². The van der Waals surface area contributed by atoms with Gasteiger partial charge in [0.2, 0.25) is 0 Å². The monoisotopic (exact) mass is 517 g/mol. The summed E-state index contributed by atoms with van der Waals surface area (Å²) < 4.78 is 11.8. The van der Waals surface area contributed by atoms with E-state index in [-0.39, 0.29) is 10.7 Å². The molecule has 184 valence electrons. The number of carbonyl (C=O) groups is 2. The Hall–Kier alpha value is -5.26. The van der Waals surface area contributed by atoms with Crippen molar-refractivity contribution in [2.45, 2.75) is 0 Å². The second kappa shape index (κ2) is 10.8. The number of amides is 2. The zero-order valence-electron chi connectivity index (χ0n) is 19.8. The molecule has 1 fully saturated rings. The first kappa shape index (κ1) is 24.4. The van der Waals surface area contributed by atoms with Gasteiger partial charge in [0.25, 0.3) is 11.8 Å². The fourth-order valence-electron chi connectivity index (χ4n) is 3.79. The summed E-state index contributed by atoms with van der Waals surface area (Å²) in [5, 5.41) is 11.9. The van der Waals surface area contributed by atoms with Gasteiger partial charge in [-0.3, -0.25) is 19.8 Å². The molecule has 4 aromatic rings. The number of anilines is 1. The molecule has 1 N–H and O–H groups in total. The first-order valence-electron chi connectivity index (χ1n) is 11.5. The molecule has 0 aliphatic carbocycles. The highest BCUT2D eigenvalue weighted by molar-refractivity contribution is 7.80. The third-order valence-corrected chi connectivity index (χ3v) is 5.91. The van der Waals surface area contributed by atoms with E-state index in [1.807, 2.05) is 30.3 Å². The van der Waals surface area contributed by atoms with Gasteiger partial charge in [-0.2, -0.15) is 5.26 Å². The van der Waals surface area contributed by atoms with Crippen LogP contribution in [-0.2, 0) is 9.59 Å². The molecule has 1 heterocycles. The highest BCUT2D eigenvalue weighted by Gasteiger charge is 2.34. The molecule has 0 atom stereocenters. The molecular formula is C30H19N3O4S. The Bertz CT molecular complexity index is 1610. The second-order valence-corrected chi connectivity index (χ2v) is 8.50. The standard InChI is InChI=1S/C30H19N3O4S/c31-19-21-9-5-7-13-27(21)37-26-12-6-4-8-20(26)18-25-28(34)32-30(38)33(29(25)35)22-14-16-24(17-15-22)36-23-10-2-1-3-11-23/h1-18H,(H,32,34,38). The van der Waals surface area contributed by atoms with Gasteiger partial charge in [0.1, 0.15) is 34.6 Å². The molecule has 2 amide bonds. The minimum Gasteiger partial charge on any atom is -0.457 e. The van der Waals surface area contributed by atoms with Crippen LogP contribution in [0.2, 0.25) is 0 Å². The number of nitrogens with zero attached hydrogens (tertiary/aromatic N) is 2. The van der Waals surface area contributed by atoms with E-state index in [0.717, 1.165) is 0 Å². The van der Waals surface area contributed by atoms with Gasteiger partial charge in [-0.15, -0.1) is 0 Å². The van der Waals surface area contributed by atoms with E-state index in [9.17, 15) is 14.9 Å². The van der Waals surface area contributed by atoms with E-state index in [4.69, 9.17) is 21.7 Å². The van der Waals surface area contributed by atoms with E-state index in [2.05, 4.69) is 11.4 Å². The molecule has 0 aromatic heterocycles. The summed E-state index contributed by atoms with van der Waals surface area (Å²) in [6, 6.07) is 31.9. The number of thiocarbonyl (C=S) groups is 1. The number of benzene rings is 4. The van der Waals surface area contributed by atoms with E-state index in [1.165, 1.54) is 11.0 Å². The van der Waals surface area contributed by atoms with Crippen LogP contribution in [-0.4, -0.2) is 16.9 Å². The van der Waals surface area contributed by atoms with Crippen molar-refractivity contribution in [2.24, 2.45) is 0 Å². The Kier molecular flexibility index (Phi) is 6.93. The molecule has 5 rings (SSSR count). The van der Waals surface area contributed by atoms with Gasteiger partial charge in [-0.25, -0.2) is 0 Å². The fraction of sp³-hybridized carbons (Fsp3) is 0. The third kappa shape index (κ3) is 5.14. The number of carbonyl (C=O) groups excluding carboxylic acids is 2. The predicted octanol–water partition coefficient (Wildman–Crippen LogP) is 5.97. The summed E-state index contributed by atoms with van der Waals surface area (Å²) in [6.45, 7) is 0. The highest BCUT2D eigenvalue weighted by atomic mass is 32.1. The lowest BCUT2D eigenvalue weighted by atomic mass is 10.1. The van der Waals surface area contributed by atoms with Crippen LogP contribution in [0.1, 0.15) is 11.1 Å². The van der Waals surface area contributed by atoms with E-state index in [1.54, 1.807) is 72.8 Å². The molecule has 0 unspecified atom stereocenters. The molecule has 8 heteroatoms. The van der Waals surface area contributed by atoms with Crippen LogP contribution in [0.5, 0.6) is 23.0 Å². The minimum atomic E-state index is -0.618. The van der Waals surface area contributed by atoms with E-state index in [0.29, 0.717) is 39.8 Å². The number of hydrogen-bond acceptors (Lipinski definition) is 6. The van der Waals surface area contributed by atoms with Crippen molar-refractivity contribution < 1.29 is 19.1 Å². The van der Waals surface area contributed by atoms with Gasteiger partial charge in [0.05, 0.1) is 11.3 Å². The number of nitrogens with one attached hydrogen (secondary N) is 1. The van der Waals surface area contributed by atoms with Gasteiger partial charge < -0.3 is 9.47 Å². The Balaban J connectivity index is 1.43. The highest BCUT2D eigenvalue weighted by Crippen LogP contribution is 2.31. The predicted molar refractivity (Wildman–Crippen MR) is 147 cm³/mol. The van der Waals surface area contributed by atoms with Crippen LogP contribution >= 0.6 is 12.2 Å². The van der Waals surface area contributed by atoms with Crippen molar-refractivity contribution >= 4 is 40.9 Å². The molecule has 1 aliphatic heterocycles. The van der Waals surface area contributed by atoms with Crippen LogP contribution in [0.15, 0.2) is 109 Å². The van der Waals surface area contributed by atoms with Crippen LogP contribution in [0, 0.1) is 11.3 Å². The van der Waals surface area contributed by atoms with Crippen molar-refractivity contribution in [1.82, 2.24) is 5.32 Å². The zero-order valence-corrected chi connectivity index (χ0v) is 20.6. The normalized spacial score (nSPS) is 14.1. The van der Waals surface area contributed by atoms with Crippen molar-refractivity contribution in [3.63, 3.8) is 0 Å². The number of rotatable bonds is 6. The lowest BCUT2D eigenvalue weighted by molar-refractivity contribution is -0.122. The average molecular weight is 518 g/mol. The summed E-state index contributed by atoms with van der Waals surface area (Å²) >= 11 is 5.32. The molecule has 4 aromatic carbocycles. The molecule has 1 aliphatic rings. The van der Waals surface area contributed by atoms with Crippen LogP contribution in [0.4, 0.5) is 5.69 Å². The first-order chi connectivity index (χ1) is 18.5. The number of nitriles is 1. The molecule has 0 bridgehead atoms. The second-order valence-electron chi connectivity index (χ2n) is 8.11. The topological polar surface area (TPSA) is 91.7 Å². The largest absolute Gasteiger partial charge is 0.457 e. The summed E-state index contributed by atoms with van der Waals surface area (Å²) in [6.07, 6.45) is 1.45. The molecule has 38 heavy (non-hydrogen) atoms. The van der Waals surface area contributed by atoms with Crippen LogP contribution in [0.3, 0.4) is 0 Å². The maximum absolute atomic E-state index is 13.5. The number of ether oxygens (including phenoxy) is 2. The quantitative estimate of drug-likeness (QED) is 0.192. The molecule has 0 radical (unpaired) electrons. The van der Waals surface area contributed by atoms with Crippen molar-refractivity contribution in [3.05, 3.63) is 120 Å². The number of para-hydroxylation sites is 3. The van der Waals surface area contributed by atoms with Gasteiger partial charge in [-0.1, -0.05) is 48.5 Å². The average Bonchev–Trinajstić information content (AvgIpc) is 2.93. The molecular weight excluding hydrogens is 498 g/mol. The van der Waals surface area contributed by atoms with Crippen LogP contribution in [0.25, 0.3) is 6.08 Å².